The summed E-state index contributed by atoms with van der Waals surface area (Å²) in [5.41, 5.74) is 0. The van der Waals surface area contributed by atoms with Gasteiger partial charge in [0.05, 0.1) is 0 Å². The van der Waals surface area contributed by atoms with E-state index in [-0.39, 0.29) is 0 Å². The van der Waals surface area contributed by atoms with Gasteiger partial charge in [-0.3, -0.25) is 0 Å². The van der Waals surface area contributed by atoms with E-state index in [0.29, 0.717) is 12.5 Å². The van der Waals surface area contributed by atoms with E-state index in [9.17, 15) is 0 Å². The first-order valence-electron chi connectivity index (χ1n) is 3.12. The Morgan fingerprint density at radius 3 is 2.38 bits per heavy atom. The first-order valence-corrected chi connectivity index (χ1v) is 4.27. The lowest BCUT2D eigenvalue weighted by Crippen LogP contribution is -2.12. The first-order chi connectivity index (χ1) is 3.93. The molecule has 1 fully saturated rings. The molecule has 1 saturated heterocycles. The highest BCUT2D eigenvalue weighted by atomic mass is 32.2. The van der Waals surface area contributed by atoms with Crippen LogP contribution < -0.4 is 0 Å². The van der Waals surface area contributed by atoms with Gasteiger partial charge in [-0.15, -0.1) is 0 Å². The Morgan fingerprint density at radius 1 is 1.38 bits per heavy atom. The highest BCUT2D eigenvalue weighted by Crippen LogP contribution is 2.21. The van der Waals surface area contributed by atoms with Gasteiger partial charge >= 0.3 is 0 Å². The fraction of sp³-hybridized carbons (Fsp3) is 1.00. The zero-order valence-corrected chi connectivity index (χ0v) is 5.78. The molecule has 0 bridgehead atoms. The normalized spacial score (nSPS) is 23.6. The summed E-state index contributed by atoms with van der Waals surface area (Å²) >= 11 is 2.00. The number of aliphatic hydroxyl groups excluding tert-OH is 1. The SMILES string of the molecule is OCC1CCSCC1. The zero-order chi connectivity index (χ0) is 5.82. The molecule has 0 spiro atoms. The van der Waals surface area contributed by atoms with Gasteiger partial charge in [-0.05, 0) is 30.3 Å². The van der Waals surface area contributed by atoms with Crippen molar-refractivity contribution in [2.45, 2.75) is 12.8 Å². The van der Waals surface area contributed by atoms with Crippen molar-refractivity contribution in [3.8, 4) is 0 Å². The van der Waals surface area contributed by atoms with Crippen molar-refractivity contribution < 1.29 is 5.11 Å². The minimum Gasteiger partial charge on any atom is -0.396 e. The zero-order valence-electron chi connectivity index (χ0n) is 4.97. The maximum atomic E-state index is 8.68. The van der Waals surface area contributed by atoms with Crippen LogP contribution in [0.25, 0.3) is 0 Å². The van der Waals surface area contributed by atoms with Crippen molar-refractivity contribution in [3.63, 3.8) is 0 Å². The Labute approximate surface area is 54.5 Å². The number of hydrogen-bond acceptors (Lipinski definition) is 2. The molecule has 1 rings (SSSR count). The van der Waals surface area contributed by atoms with Crippen LogP contribution in [0.3, 0.4) is 0 Å². The van der Waals surface area contributed by atoms with Crippen molar-refractivity contribution >= 4 is 11.8 Å². The van der Waals surface area contributed by atoms with E-state index in [4.69, 9.17) is 5.11 Å². The molecule has 0 aromatic carbocycles. The van der Waals surface area contributed by atoms with Crippen LogP contribution in [0.15, 0.2) is 0 Å². The molecule has 0 amide bonds. The van der Waals surface area contributed by atoms with E-state index in [0.717, 1.165) is 0 Å². The van der Waals surface area contributed by atoms with Crippen LogP contribution in [0, 0.1) is 5.92 Å². The lowest BCUT2D eigenvalue weighted by atomic mass is 10.1. The molecule has 2 heteroatoms. The lowest BCUT2D eigenvalue weighted by molar-refractivity contribution is 0.218. The molecule has 0 atom stereocenters. The molecule has 0 aromatic rings. The third kappa shape index (κ3) is 1.67. The summed E-state index contributed by atoms with van der Waals surface area (Å²) in [7, 11) is 0. The van der Waals surface area contributed by atoms with E-state index in [1.54, 1.807) is 0 Å². The van der Waals surface area contributed by atoms with Gasteiger partial charge < -0.3 is 5.11 Å². The van der Waals surface area contributed by atoms with Crippen molar-refractivity contribution in [1.82, 2.24) is 0 Å². The fourth-order valence-corrected chi connectivity index (χ4v) is 2.13. The van der Waals surface area contributed by atoms with E-state index in [1.165, 1.54) is 24.3 Å². The van der Waals surface area contributed by atoms with E-state index in [2.05, 4.69) is 0 Å². The number of hydrogen-bond donors (Lipinski definition) is 1. The third-order valence-electron chi connectivity index (χ3n) is 1.60. The molecule has 0 saturated carbocycles. The minimum atomic E-state index is 0.403. The van der Waals surface area contributed by atoms with Crippen LogP contribution in [0.5, 0.6) is 0 Å². The van der Waals surface area contributed by atoms with Crippen LogP contribution in [-0.2, 0) is 0 Å². The fourth-order valence-electron chi connectivity index (χ4n) is 0.929. The second kappa shape index (κ2) is 3.36. The second-order valence-electron chi connectivity index (χ2n) is 2.24. The first kappa shape index (κ1) is 6.43. The second-order valence-corrected chi connectivity index (χ2v) is 3.46. The topological polar surface area (TPSA) is 20.2 Å². The van der Waals surface area contributed by atoms with Gasteiger partial charge in [0.15, 0.2) is 0 Å². The summed E-state index contributed by atoms with van der Waals surface area (Å²) in [6.45, 7) is 0.403. The summed E-state index contributed by atoms with van der Waals surface area (Å²) in [4.78, 5) is 0. The summed E-state index contributed by atoms with van der Waals surface area (Å²) in [6, 6.07) is 0. The third-order valence-corrected chi connectivity index (χ3v) is 2.65. The van der Waals surface area contributed by atoms with E-state index < -0.39 is 0 Å². The lowest BCUT2D eigenvalue weighted by Gasteiger charge is -2.17. The molecule has 0 aliphatic carbocycles. The average Bonchev–Trinajstić information content (AvgIpc) is 1.90. The molecule has 8 heavy (non-hydrogen) atoms. The Hall–Kier alpha value is 0.310. The van der Waals surface area contributed by atoms with Crippen molar-refractivity contribution in [2.24, 2.45) is 5.92 Å². The van der Waals surface area contributed by atoms with Crippen LogP contribution in [0.4, 0.5) is 0 Å². The number of rotatable bonds is 1. The molecule has 1 aliphatic rings. The molecular weight excluding hydrogens is 120 g/mol. The molecule has 0 radical (unpaired) electrons. The molecule has 1 nitrogen and oxygen atoms in total. The van der Waals surface area contributed by atoms with Crippen molar-refractivity contribution in [3.05, 3.63) is 0 Å². The van der Waals surface area contributed by atoms with Gasteiger partial charge in [0.1, 0.15) is 0 Å². The summed E-state index contributed by atoms with van der Waals surface area (Å²) in [5, 5.41) is 8.68. The maximum Gasteiger partial charge on any atom is 0.0459 e. The number of thioether (sulfide) groups is 1. The highest BCUT2D eigenvalue weighted by molar-refractivity contribution is 7.99. The molecule has 1 N–H and O–H groups in total. The monoisotopic (exact) mass is 132 g/mol. The van der Waals surface area contributed by atoms with Gasteiger partial charge in [0, 0.05) is 6.61 Å². The summed E-state index contributed by atoms with van der Waals surface area (Å²) < 4.78 is 0. The quantitative estimate of drug-likeness (QED) is 0.577. The summed E-state index contributed by atoms with van der Waals surface area (Å²) in [6.07, 6.45) is 2.45. The van der Waals surface area contributed by atoms with Gasteiger partial charge in [-0.25, -0.2) is 0 Å². The predicted octanol–water partition coefficient (Wildman–Crippen LogP) is 1.12. The molecule has 0 unspecified atom stereocenters. The van der Waals surface area contributed by atoms with Crippen molar-refractivity contribution in [2.75, 3.05) is 18.1 Å². The van der Waals surface area contributed by atoms with E-state index in [1.807, 2.05) is 11.8 Å². The standard InChI is InChI=1S/C6H12OS/c7-5-6-1-3-8-4-2-6/h6-7H,1-5H2. The molecule has 1 aliphatic heterocycles. The van der Waals surface area contributed by atoms with Gasteiger partial charge in [0.25, 0.3) is 0 Å². The van der Waals surface area contributed by atoms with Crippen molar-refractivity contribution in [1.29, 1.82) is 0 Å². The Morgan fingerprint density at radius 2 is 2.00 bits per heavy atom. The highest BCUT2D eigenvalue weighted by Gasteiger charge is 2.10. The van der Waals surface area contributed by atoms with Crippen LogP contribution in [0.2, 0.25) is 0 Å². The van der Waals surface area contributed by atoms with Gasteiger partial charge in [0.2, 0.25) is 0 Å². The number of aliphatic hydroxyl groups is 1. The molecule has 0 aromatic heterocycles. The van der Waals surface area contributed by atoms with Gasteiger partial charge in [-0.2, -0.15) is 11.8 Å². The molecular formula is C6H12OS. The largest absolute Gasteiger partial charge is 0.396 e. The van der Waals surface area contributed by atoms with Crippen LogP contribution in [-0.4, -0.2) is 23.2 Å². The predicted molar refractivity (Wildman–Crippen MR) is 37.1 cm³/mol. The molecule has 1 heterocycles. The Balaban J connectivity index is 2.13. The Kier molecular flexibility index (Phi) is 2.70. The van der Waals surface area contributed by atoms with Crippen LogP contribution >= 0.6 is 11.8 Å². The van der Waals surface area contributed by atoms with Gasteiger partial charge in [-0.1, -0.05) is 0 Å². The van der Waals surface area contributed by atoms with Crippen LogP contribution in [0.1, 0.15) is 12.8 Å². The smallest absolute Gasteiger partial charge is 0.0459 e. The maximum absolute atomic E-state index is 8.68. The minimum absolute atomic E-state index is 0.403. The summed E-state index contributed by atoms with van der Waals surface area (Å²) in [5.74, 6) is 3.13. The Bertz CT molecular complexity index is 59.5. The molecule has 48 valence electrons. The van der Waals surface area contributed by atoms with E-state index >= 15 is 0 Å². The average molecular weight is 132 g/mol.